The highest BCUT2D eigenvalue weighted by atomic mass is 32.1. The Balaban J connectivity index is 1.64. The quantitative estimate of drug-likeness (QED) is 0.474. The van der Waals surface area contributed by atoms with E-state index in [-0.39, 0.29) is 29.6 Å². The van der Waals surface area contributed by atoms with E-state index in [4.69, 9.17) is 9.15 Å². The van der Waals surface area contributed by atoms with Crippen LogP contribution in [0.2, 0.25) is 0 Å². The van der Waals surface area contributed by atoms with E-state index in [9.17, 15) is 9.59 Å². The molecule has 0 aromatic carbocycles. The number of ether oxygens (including phenoxy) is 1. The fraction of sp³-hybridized carbons (Fsp3) is 0.400. The number of nitrogens with zero attached hydrogens (tertiary/aromatic N) is 2. The third kappa shape index (κ3) is 5.34. The molecular weight excluding hydrogens is 438 g/mol. The first-order valence-electron chi connectivity index (χ1n) is 11.4. The minimum atomic E-state index is -0.264. The van der Waals surface area contributed by atoms with Crippen molar-refractivity contribution in [3.63, 3.8) is 0 Å². The number of furan rings is 1. The van der Waals surface area contributed by atoms with E-state index in [0.29, 0.717) is 6.61 Å². The van der Waals surface area contributed by atoms with Gasteiger partial charge in [0, 0.05) is 22.8 Å². The van der Waals surface area contributed by atoms with Crippen LogP contribution in [0.3, 0.4) is 0 Å². The molecule has 0 bridgehead atoms. The molecule has 1 saturated heterocycles. The van der Waals surface area contributed by atoms with Crippen molar-refractivity contribution in [1.29, 1.82) is 0 Å². The minimum Gasteiger partial charge on any atom is -0.466 e. The zero-order valence-electron chi connectivity index (χ0n) is 19.0. The standard InChI is InChI=1S/C25H29N3O4S/c1-3-19-16-20(24(33-19)27-23(29)21-6-5-15-32-21)22(17-7-11-26-12-8-17)28-13-9-18(10-14-28)25(30)31-4-2/h5-8,11-12,15-16,18,22H,3-4,9-10,13-14H2,1-2H3,(H,27,29). The first-order valence-corrected chi connectivity index (χ1v) is 12.2. The van der Waals surface area contributed by atoms with Crippen LogP contribution >= 0.6 is 11.3 Å². The van der Waals surface area contributed by atoms with Gasteiger partial charge in [-0.2, -0.15) is 0 Å². The summed E-state index contributed by atoms with van der Waals surface area (Å²) in [7, 11) is 0. The van der Waals surface area contributed by atoms with Gasteiger partial charge in [-0.15, -0.1) is 11.3 Å². The van der Waals surface area contributed by atoms with Crippen molar-refractivity contribution in [2.24, 2.45) is 5.92 Å². The minimum absolute atomic E-state index is 0.0559. The Labute approximate surface area is 197 Å². The summed E-state index contributed by atoms with van der Waals surface area (Å²) in [6.07, 6.45) is 7.46. The topological polar surface area (TPSA) is 84.7 Å². The number of likely N-dealkylation sites (tertiary alicyclic amines) is 1. The lowest BCUT2D eigenvalue weighted by Crippen LogP contribution is -2.39. The second-order valence-electron chi connectivity index (χ2n) is 8.03. The molecule has 33 heavy (non-hydrogen) atoms. The zero-order chi connectivity index (χ0) is 23.2. The maximum atomic E-state index is 12.8. The summed E-state index contributed by atoms with van der Waals surface area (Å²) in [5, 5.41) is 3.89. The third-order valence-corrected chi connectivity index (χ3v) is 7.17. The second-order valence-corrected chi connectivity index (χ2v) is 9.16. The Morgan fingerprint density at radius 3 is 2.64 bits per heavy atom. The number of amides is 1. The molecular formula is C25H29N3O4S. The monoisotopic (exact) mass is 467 g/mol. The number of aromatic nitrogens is 1. The van der Waals surface area contributed by atoms with E-state index >= 15 is 0 Å². The van der Waals surface area contributed by atoms with Crippen LogP contribution in [0.5, 0.6) is 0 Å². The summed E-state index contributed by atoms with van der Waals surface area (Å²) in [6.45, 7) is 5.89. The van der Waals surface area contributed by atoms with Gasteiger partial charge < -0.3 is 14.5 Å². The number of esters is 1. The van der Waals surface area contributed by atoms with Crippen molar-refractivity contribution in [3.05, 3.63) is 70.8 Å². The molecule has 1 amide bonds. The number of carbonyl (C=O) groups excluding carboxylic acids is 2. The lowest BCUT2D eigenvalue weighted by atomic mass is 9.92. The highest BCUT2D eigenvalue weighted by Crippen LogP contribution is 2.41. The van der Waals surface area contributed by atoms with Crippen molar-refractivity contribution in [2.45, 2.75) is 39.2 Å². The van der Waals surface area contributed by atoms with Crippen molar-refractivity contribution in [3.8, 4) is 0 Å². The summed E-state index contributed by atoms with van der Waals surface area (Å²) < 4.78 is 10.5. The second kappa shape index (κ2) is 10.8. The average molecular weight is 468 g/mol. The van der Waals surface area contributed by atoms with Gasteiger partial charge in [-0.25, -0.2) is 0 Å². The van der Waals surface area contributed by atoms with Crippen LogP contribution in [0.4, 0.5) is 5.00 Å². The molecule has 1 N–H and O–H groups in total. The van der Waals surface area contributed by atoms with Crippen molar-refractivity contribution in [1.82, 2.24) is 9.88 Å². The van der Waals surface area contributed by atoms with Gasteiger partial charge in [-0.05, 0) is 75.2 Å². The number of pyridine rings is 1. The Hall–Kier alpha value is -2.97. The Bertz CT molecular complexity index is 1060. The zero-order valence-corrected chi connectivity index (χ0v) is 19.8. The third-order valence-electron chi connectivity index (χ3n) is 5.96. The molecule has 3 aromatic rings. The molecule has 3 aromatic heterocycles. The van der Waals surface area contributed by atoms with E-state index < -0.39 is 0 Å². The fourth-order valence-corrected chi connectivity index (χ4v) is 5.32. The molecule has 174 valence electrons. The van der Waals surface area contributed by atoms with Gasteiger partial charge in [0.2, 0.25) is 0 Å². The lowest BCUT2D eigenvalue weighted by Gasteiger charge is -2.37. The number of carbonyl (C=O) groups is 2. The summed E-state index contributed by atoms with van der Waals surface area (Å²) in [5.41, 5.74) is 2.16. The number of hydrogen-bond donors (Lipinski definition) is 1. The smallest absolute Gasteiger partial charge is 0.309 e. The predicted octanol–water partition coefficient (Wildman–Crippen LogP) is 4.92. The highest BCUT2D eigenvalue weighted by molar-refractivity contribution is 7.16. The van der Waals surface area contributed by atoms with Gasteiger partial charge in [0.05, 0.1) is 24.8 Å². The van der Waals surface area contributed by atoms with Crippen LogP contribution in [0.15, 0.2) is 53.4 Å². The molecule has 1 aliphatic rings. The van der Waals surface area contributed by atoms with Crippen LogP contribution in [-0.2, 0) is 16.0 Å². The SMILES string of the molecule is CCOC(=O)C1CCN(C(c2ccncc2)c2cc(CC)sc2NC(=O)c2ccco2)CC1. The van der Waals surface area contributed by atoms with Crippen LogP contribution < -0.4 is 5.32 Å². The van der Waals surface area contributed by atoms with Crippen molar-refractivity contribution in [2.75, 3.05) is 25.0 Å². The molecule has 1 unspecified atom stereocenters. The Kier molecular flexibility index (Phi) is 7.57. The van der Waals surface area contributed by atoms with E-state index in [0.717, 1.165) is 48.5 Å². The van der Waals surface area contributed by atoms with Gasteiger partial charge in [0.25, 0.3) is 5.91 Å². The number of piperidine rings is 1. The highest BCUT2D eigenvalue weighted by Gasteiger charge is 2.33. The molecule has 1 aliphatic heterocycles. The predicted molar refractivity (Wildman–Crippen MR) is 127 cm³/mol. The molecule has 1 fully saturated rings. The first-order chi connectivity index (χ1) is 16.1. The first kappa shape index (κ1) is 23.2. The normalized spacial score (nSPS) is 15.8. The molecule has 0 spiro atoms. The van der Waals surface area contributed by atoms with Crippen LogP contribution in [0, 0.1) is 5.92 Å². The molecule has 8 heteroatoms. The lowest BCUT2D eigenvalue weighted by molar-refractivity contribution is -0.149. The number of anilines is 1. The van der Waals surface area contributed by atoms with Crippen molar-refractivity contribution < 1.29 is 18.7 Å². The summed E-state index contributed by atoms with van der Waals surface area (Å²) in [6, 6.07) is 9.52. The molecule has 4 rings (SSSR count). The number of hydrogen-bond acceptors (Lipinski definition) is 7. The van der Waals surface area contributed by atoms with E-state index in [1.165, 1.54) is 11.1 Å². The van der Waals surface area contributed by atoms with E-state index in [1.807, 2.05) is 19.1 Å². The maximum Gasteiger partial charge on any atom is 0.309 e. The number of thiophene rings is 1. The molecule has 0 aliphatic carbocycles. The average Bonchev–Trinajstić information content (AvgIpc) is 3.51. The van der Waals surface area contributed by atoms with Gasteiger partial charge in [0.1, 0.15) is 5.00 Å². The summed E-state index contributed by atoms with van der Waals surface area (Å²) in [4.78, 5) is 32.8. The number of rotatable bonds is 8. The van der Waals surface area contributed by atoms with E-state index in [1.54, 1.807) is 35.9 Å². The van der Waals surface area contributed by atoms with Gasteiger partial charge in [0.15, 0.2) is 5.76 Å². The van der Waals surface area contributed by atoms with Gasteiger partial charge >= 0.3 is 5.97 Å². The number of nitrogens with one attached hydrogen (secondary N) is 1. The summed E-state index contributed by atoms with van der Waals surface area (Å²) >= 11 is 1.59. The molecule has 0 saturated carbocycles. The molecule has 4 heterocycles. The number of aryl methyl sites for hydroxylation is 1. The van der Waals surface area contributed by atoms with E-state index in [2.05, 4.69) is 28.2 Å². The van der Waals surface area contributed by atoms with Gasteiger partial charge in [-0.1, -0.05) is 6.92 Å². The van der Waals surface area contributed by atoms with Crippen LogP contribution in [0.1, 0.15) is 59.3 Å². The van der Waals surface area contributed by atoms with Crippen LogP contribution in [0.25, 0.3) is 0 Å². The van der Waals surface area contributed by atoms with Gasteiger partial charge in [-0.3, -0.25) is 19.5 Å². The van der Waals surface area contributed by atoms with Crippen LogP contribution in [-0.4, -0.2) is 41.5 Å². The van der Waals surface area contributed by atoms with Crippen molar-refractivity contribution >= 4 is 28.2 Å². The fourth-order valence-electron chi connectivity index (χ4n) is 4.29. The largest absolute Gasteiger partial charge is 0.466 e. The molecule has 0 radical (unpaired) electrons. The molecule has 7 nitrogen and oxygen atoms in total. The summed E-state index contributed by atoms with van der Waals surface area (Å²) in [5.74, 6) is -0.151. The Morgan fingerprint density at radius 2 is 2.00 bits per heavy atom. The Morgan fingerprint density at radius 1 is 1.24 bits per heavy atom. The maximum absolute atomic E-state index is 12.8. The molecule has 1 atom stereocenters.